The van der Waals surface area contributed by atoms with Crippen LogP contribution in [0.25, 0.3) is 0 Å². The number of nitrogens with zero attached hydrogens (tertiary/aromatic N) is 4. The molecule has 124 valence electrons. The molecule has 2 aromatic heterocycles. The lowest BCUT2D eigenvalue weighted by Gasteiger charge is -2.21. The average Bonchev–Trinajstić information content (AvgIpc) is 2.96. The zero-order chi connectivity index (χ0) is 16.7. The van der Waals surface area contributed by atoms with Crippen LogP contribution >= 0.6 is 11.3 Å². The van der Waals surface area contributed by atoms with Crippen molar-refractivity contribution in [3.05, 3.63) is 40.0 Å². The molecule has 0 fully saturated rings. The summed E-state index contributed by atoms with van der Waals surface area (Å²) in [5.74, 6) is 1.45. The van der Waals surface area contributed by atoms with Crippen molar-refractivity contribution in [2.75, 3.05) is 20.7 Å². The summed E-state index contributed by atoms with van der Waals surface area (Å²) in [4.78, 5) is 15.5. The van der Waals surface area contributed by atoms with E-state index in [0.29, 0.717) is 12.4 Å². The monoisotopic (exact) mass is 333 g/mol. The number of nitrogens with one attached hydrogen (secondary N) is 1. The zero-order valence-electron chi connectivity index (χ0n) is 14.0. The van der Waals surface area contributed by atoms with Crippen LogP contribution in [0.2, 0.25) is 0 Å². The SMILES string of the molecule is CCNC(=NCc1cccnc1OC)N(C)Cc1csc(C)n1. The highest BCUT2D eigenvalue weighted by atomic mass is 32.1. The van der Waals surface area contributed by atoms with Crippen LogP contribution in [0, 0.1) is 6.92 Å². The first-order valence-electron chi connectivity index (χ1n) is 7.52. The predicted octanol–water partition coefficient (Wildman–Crippen LogP) is 2.45. The van der Waals surface area contributed by atoms with Crippen LogP contribution in [0.3, 0.4) is 0 Å². The number of aromatic nitrogens is 2. The molecule has 1 N–H and O–H groups in total. The number of hydrogen-bond donors (Lipinski definition) is 1. The number of thiazole rings is 1. The molecule has 2 heterocycles. The van der Waals surface area contributed by atoms with E-state index in [1.807, 2.05) is 26.1 Å². The fourth-order valence-corrected chi connectivity index (χ4v) is 2.76. The second kappa shape index (κ2) is 8.47. The summed E-state index contributed by atoms with van der Waals surface area (Å²) in [5, 5.41) is 6.47. The highest BCUT2D eigenvalue weighted by Crippen LogP contribution is 2.15. The zero-order valence-corrected chi connectivity index (χ0v) is 14.9. The number of aliphatic imine (C=N–C) groups is 1. The summed E-state index contributed by atoms with van der Waals surface area (Å²) in [7, 11) is 3.63. The van der Waals surface area contributed by atoms with Gasteiger partial charge in [0, 0.05) is 30.7 Å². The van der Waals surface area contributed by atoms with Crippen molar-refractivity contribution >= 4 is 17.3 Å². The predicted molar refractivity (Wildman–Crippen MR) is 93.9 cm³/mol. The third kappa shape index (κ3) is 4.92. The van der Waals surface area contributed by atoms with Gasteiger partial charge in [0.1, 0.15) is 0 Å². The van der Waals surface area contributed by atoms with Crippen LogP contribution in [-0.2, 0) is 13.1 Å². The second-order valence-corrected chi connectivity index (χ2v) is 6.12. The summed E-state index contributed by atoms with van der Waals surface area (Å²) in [6.07, 6.45) is 1.72. The Bertz CT molecular complexity index is 655. The Labute approximate surface area is 141 Å². The van der Waals surface area contributed by atoms with E-state index in [9.17, 15) is 0 Å². The Hall–Kier alpha value is -2.15. The molecule has 0 radical (unpaired) electrons. The Morgan fingerprint density at radius 1 is 1.48 bits per heavy atom. The number of pyridine rings is 1. The van der Waals surface area contributed by atoms with Crippen LogP contribution in [0.1, 0.15) is 23.2 Å². The first-order valence-corrected chi connectivity index (χ1v) is 8.40. The Balaban J connectivity index is 2.09. The smallest absolute Gasteiger partial charge is 0.218 e. The van der Waals surface area contributed by atoms with Gasteiger partial charge in [-0.05, 0) is 19.9 Å². The van der Waals surface area contributed by atoms with Gasteiger partial charge in [-0.25, -0.2) is 15.0 Å². The van der Waals surface area contributed by atoms with Crippen LogP contribution in [-0.4, -0.2) is 41.5 Å². The van der Waals surface area contributed by atoms with E-state index in [4.69, 9.17) is 4.74 Å². The number of aryl methyl sites for hydroxylation is 1. The van der Waals surface area contributed by atoms with Crippen LogP contribution in [0.15, 0.2) is 28.7 Å². The molecule has 2 rings (SSSR count). The van der Waals surface area contributed by atoms with Crippen molar-refractivity contribution in [1.29, 1.82) is 0 Å². The van der Waals surface area contributed by atoms with Crippen molar-refractivity contribution in [3.63, 3.8) is 0 Å². The quantitative estimate of drug-likeness (QED) is 0.650. The summed E-state index contributed by atoms with van der Waals surface area (Å²) in [5.41, 5.74) is 2.02. The van der Waals surface area contributed by atoms with E-state index >= 15 is 0 Å². The van der Waals surface area contributed by atoms with Crippen molar-refractivity contribution < 1.29 is 4.74 Å². The fraction of sp³-hybridized carbons (Fsp3) is 0.438. The van der Waals surface area contributed by atoms with E-state index in [2.05, 4.69) is 37.5 Å². The highest BCUT2D eigenvalue weighted by molar-refractivity contribution is 7.09. The molecule has 0 aliphatic carbocycles. The van der Waals surface area contributed by atoms with Gasteiger partial charge in [0.15, 0.2) is 5.96 Å². The molecule has 0 unspecified atom stereocenters. The molecule has 0 bridgehead atoms. The minimum atomic E-state index is 0.514. The van der Waals surface area contributed by atoms with Gasteiger partial charge >= 0.3 is 0 Å². The number of ether oxygens (including phenoxy) is 1. The van der Waals surface area contributed by atoms with Gasteiger partial charge < -0.3 is 15.0 Å². The minimum Gasteiger partial charge on any atom is -0.481 e. The topological polar surface area (TPSA) is 62.6 Å². The molecule has 7 heteroatoms. The van der Waals surface area contributed by atoms with Crippen LogP contribution in [0.5, 0.6) is 5.88 Å². The molecular formula is C16H23N5OS. The summed E-state index contributed by atoms with van der Waals surface area (Å²) in [6.45, 7) is 6.12. The first kappa shape index (κ1) is 17.2. The second-order valence-electron chi connectivity index (χ2n) is 5.06. The number of hydrogen-bond acceptors (Lipinski definition) is 5. The molecule has 0 aromatic carbocycles. The Kier molecular flexibility index (Phi) is 6.34. The molecule has 6 nitrogen and oxygen atoms in total. The van der Waals surface area contributed by atoms with Gasteiger partial charge in [-0.1, -0.05) is 6.07 Å². The summed E-state index contributed by atoms with van der Waals surface area (Å²) in [6, 6.07) is 3.87. The van der Waals surface area contributed by atoms with E-state index in [0.717, 1.165) is 35.3 Å². The fourth-order valence-electron chi connectivity index (χ4n) is 2.16. The average molecular weight is 333 g/mol. The lowest BCUT2D eigenvalue weighted by atomic mass is 10.3. The Morgan fingerprint density at radius 2 is 2.30 bits per heavy atom. The number of guanidine groups is 1. The minimum absolute atomic E-state index is 0.514. The third-order valence-corrected chi connectivity index (χ3v) is 4.03. The molecule has 0 saturated heterocycles. The molecule has 0 aliphatic rings. The van der Waals surface area contributed by atoms with Crippen molar-refractivity contribution in [2.45, 2.75) is 26.9 Å². The van der Waals surface area contributed by atoms with Crippen molar-refractivity contribution in [1.82, 2.24) is 20.2 Å². The molecule has 0 saturated carbocycles. The molecule has 0 atom stereocenters. The van der Waals surface area contributed by atoms with Gasteiger partial charge in [0.05, 0.1) is 30.9 Å². The van der Waals surface area contributed by atoms with Gasteiger partial charge in [-0.2, -0.15) is 0 Å². The number of methoxy groups -OCH3 is 1. The molecule has 23 heavy (non-hydrogen) atoms. The van der Waals surface area contributed by atoms with Gasteiger partial charge in [-0.3, -0.25) is 0 Å². The van der Waals surface area contributed by atoms with Crippen molar-refractivity contribution in [2.24, 2.45) is 4.99 Å². The third-order valence-electron chi connectivity index (χ3n) is 3.20. The normalized spacial score (nSPS) is 11.4. The molecule has 0 amide bonds. The van der Waals surface area contributed by atoms with Crippen molar-refractivity contribution in [3.8, 4) is 5.88 Å². The van der Waals surface area contributed by atoms with Crippen LogP contribution in [0.4, 0.5) is 0 Å². The van der Waals surface area contributed by atoms with Gasteiger partial charge in [0.25, 0.3) is 0 Å². The maximum absolute atomic E-state index is 5.27. The molecule has 0 spiro atoms. The largest absolute Gasteiger partial charge is 0.481 e. The Morgan fingerprint density at radius 3 is 2.96 bits per heavy atom. The summed E-state index contributed by atoms with van der Waals surface area (Å²) < 4.78 is 5.27. The first-order chi connectivity index (χ1) is 11.1. The lowest BCUT2D eigenvalue weighted by molar-refractivity contribution is 0.392. The molecule has 0 aliphatic heterocycles. The van der Waals surface area contributed by atoms with Crippen LogP contribution < -0.4 is 10.1 Å². The van der Waals surface area contributed by atoms with Gasteiger partial charge in [-0.15, -0.1) is 11.3 Å². The maximum atomic E-state index is 5.27. The maximum Gasteiger partial charge on any atom is 0.218 e. The summed E-state index contributed by atoms with van der Waals surface area (Å²) >= 11 is 1.66. The van der Waals surface area contributed by atoms with E-state index in [-0.39, 0.29) is 0 Å². The number of rotatable bonds is 6. The van der Waals surface area contributed by atoms with E-state index in [1.165, 1.54) is 0 Å². The lowest BCUT2D eigenvalue weighted by Crippen LogP contribution is -2.38. The van der Waals surface area contributed by atoms with E-state index in [1.54, 1.807) is 24.6 Å². The molecular weight excluding hydrogens is 310 g/mol. The highest BCUT2D eigenvalue weighted by Gasteiger charge is 2.09. The molecule has 2 aromatic rings. The van der Waals surface area contributed by atoms with Gasteiger partial charge in [0.2, 0.25) is 5.88 Å². The standard InChI is InChI=1S/C16H23N5OS/c1-5-17-16(21(3)10-14-11-23-12(2)20-14)19-9-13-7-6-8-18-15(13)22-4/h6-8,11H,5,9-10H2,1-4H3,(H,17,19). The van der Waals surface area contributed by atoms with E-state index < -0.39 is 0 Å².